The van der Waals surface area contributed by atoms with E-state index in [1.54, 1.807) is 19.1 Å². The fourth-order valence-corrected chi connectivity index (χ4v) is 6.29. The van der Waals surface area contributed by atoms with E-state index in [1.165, 1.54) is 48.4 Å². The van der Waals surface area contributed by atoms with E-state index in [4.69, 9.17) is 27.9 Å². The lowest BCUT2D eigenvalue weighted by Crippen LogP contribution is -2.42. The minimum absolute atomic E-state index is 0.0119. The number of carbonyl (C=O) groups is 2. The summed E-state index contributed by atoms with van der Waals surface area (Å²) in [4.78, 5) is 27.4. The van der Waals surface area contributed by atoms with Crippen LogP contribution in [0.4, 0.5) is 19.3 Å². The highest BCUT2D eigenvalue weighted by Crippen LogP contribution is 2.56. The van der Waals surface area contributed by atoms with Crippen molar-refractivity contribution in [1.29, 1.82) is 5.26 Å². The van der Waals surface area contributed by atoms with Crippen molar-refractivity contribution in [3.63, 3.8) is 0 Å². The van der Waals surface area contributed by atoms with Crippen LogP contribution in [-0.2, 0) is 10.2 Å². The number of carbonyl (C=O) groups excluding carboxylic acids is 2. The predicted molar refractivity (Wildman–Crippen MR) is 159 cm³/mol. The van der Waals surface area contributed by atoms with Crippen molar-refractivity contribution in [3.05, 3.63) is 98.5 Å². The summed E-state index contributed by atoms with van der Waals surface area (Å²) >= 11 is 12.3. The van der Waals surface area contributed by atoms with Gasteiger partial charge in [0.2, 0.25) is 0 Å². The van der Waals surface area contributed by atoms with Crippen molar-refractivity contribution < 1.29 is 23.1 Å². The van der Waals surface area contributed by atoms with Gasteiger partial charge in [0.25, 0.3) is 0 Å². The van der Waals surface area contributed by atoms with Crippen molar-refractivity contribution in [2.45, 2.75) is 45.6 Å². The number of amides is 2. The molecule has 0 aliphatic carbocycles. The summed E-state index contributed by atoms with van der Waals surface area (Å²) in [7, 11) is 1.28. The molecule has 1 saturated heterocycles. The van der Waals surface area contributed by atoms with Gasteiger partial charge in [-0.05, 0) is 60.7 Å². The first-order valence-electron chi connectivity index (χ1n) is 13.3. The molecule has 0 aromatic heterocycles. The van der Waals surface area contributed by atoms with E-state index < -0.39 is 41.0 Å². The zero-order valence-corrected chi connectivity index (χ0v) is 25.4. The highest BCUT2D eigenvalue weighted by atomic mass is 35.5. The maximum absolute atomic E-state index is 15.8. The molecular weight excluding hydrogens is 583 g/mol. The molecule has 3 aromatic carbocycles. The van der Waals surface area contributed by atoms with Crippen molar-refractivity contribution >= 4 is 40.9 Å². The van der Waals surface area contributed by atoms with E-state index in [9.17, 15) is 14.9 Å². The van der Waals surface area contributed by atoms with E-state index in [-0.39, 0.29) is 33.1 Å². The van der Waals surface area contributed by atoms with Crippen LogP contribution in [0.25, 0.3) is 0 Å². The fourth-order valence-electron chi connectivity index (χ4n) is 5.95. The quantitative estimate of drug-likeness (QED) is 0.293. The monoisotopic (exact) mass is 613 g/mol. The van der Waals surface area contributed by atoms with Gasteiger partial charge in [-0.25, -0.2) is 18.4 Å². The van der Waals surface area contributed by atoms with Crippen molar-refractivity contribution in [2.24, 2.45) is 11.3 Å². The molecule has 6 nitrogen and oxygen atoms in total. The number of esters is 1. The number of nitrogens with one attached hydrogen (secondary N) is 1. The third kappa shape index (κ3) is 5.81. The summed E-state index contributed by atoms with van der Waals surface area (Å²) in [6.45, 7) is 7.67. The molecule has 0 unspecified atom stereocenters. The Bertz CT molecular complexity index is 1580. The molecule has 0 saturated carbocycles. The van der Waals surface area contributed by atoms with Crippen molar-refractivity contribution in [3.8, 4) is 6.07 Å². The maximum atomic E-state index is 15.8. The minimum atomic E-state index is -1.70. The second-order valence-corrected chi connectivity index (χ2v) is 12.6. The van der Waals surface area contributed by atoms with Crippen LogP contribution in [0.3, 0.4) is 0 Å². The topological polar surface area (TPSA) is 82.4 Å². The summed E-state index contributed by atoms with van der Waals surface area (Å²) in [6.07, 6.45) is 0.415. The van der Waals surface area contributed by atoms with Gasteiger partial charge in [-0.15, -0.1) is 0 Å². The molecule has 4 rings (SSSR count). The maximum Gasteiger partial charge on any atom is 0.338 e. The number of nitriles is 1. The van der Waals surface area contributed by atoms with Crippen LogP contribution < -0.4 is 5.32 Å². The van der Waals surface area contributed by atoms with Crippen LogP contribution in [0.2, 0.25) is 10.0 Å². The summed E-state index contributed by atoms with van der Waals surface area (Å²) < 4.78 is 36.3. The molecule has 3 atom stereocenters. The summed E-state index contributed by atoms with van der Waals surface area (Å²) in [5.74, 6) is -2.65. The Balaban J connectivity index is 1.91. The lowest BCUT2D eigenvalue weighted by atomic mass is 9.63. The van der Waals surface area contributed by atoms with Crippen LogP contribution in [0, 0.1) is 41.2 Å². The highest BCUT2D eigenvalue weighted by molar-refractivity contribution is 6.31. The van der Waals surface area contributed by atoms with Gasteiger partial charge in [0.05, 0.1) is 29.8 Å². The molecule has 1 N–H and O–H groups in total. The molecule has 2 amide bonds. The Kier molecular flexibility index (Phi) is 8.86. The Morgan fingerprint density at radius 1 is 1.14 bits per heavy atom. The van der Waals surface area contributed by atoms with Gasteiger partial charge >= 0.3 is 12.0 Å². The first-order valence-corrected chi connectivity index (χ1v) is 14.1. The van der Waals surface area contributed by atoms with Gasteiger partial charge in [0.15, 0.2) is 0 Å². The molecule has 0 bridgehead atoms. The first kappa shape index (κ1) is 31.3. The largest absolute Gasteiger partial charge is 0.465 e. The number of anilines is 1. The molecule has 220 valence electrons. The molecule has 0 spiro atoms. The Morgan fingerprint density at radius 2 is 1.86 bits per heavy atom. The SMILES string of the molecule is COC(=O)c1ccc(NC(=O)N2C[C@@H](CC(C)(C)C)[C@](C#N)(c3ccc(Cl)cc3F)[C@H]2c2cccc(Cl)c2F)cc1C. The minimum Gasteiger partial charge on any atom is -0.465 e. The molecule has 1 aliphatic rings. The zero-order chi connectivity index (χ0) is 31.0. The molecule has 1 aliphatic heterocycles. The summed E-state index contributed by atoms with van der Waals surface area (Å²) in [5.41, 5.74) is -0.754. The number of benzene rings is 3. The Morgan fingerprint density at radius 3 is 2.45 bits per heavy atom. The third-order valence-electron chi connectivity index (χ3n) is 7.64. The van der Waals surface area contributed by atoms with E-state index in [0.29, 0.717) is 23.2 Å². The normalized spacial score (nSPS) is 20.2. The first-order chi connectivity index (χ1) is 19.7. The summed E-state index contributed by atoms with van der Waals surface area (Å²) in [5, 5.41) is 13.7. The number of halogens is 4. The lowest BCUT2D eigenvalue weighted by molar-refractivity contribution is 0.0600. The van der Waals surface area contributed by atoms with Gasteiger partial charge in [-0.2, -0.15) is 5.26 Å². The van der Waals surface area contributed by atoms with Crippen LogP contribution in [0.5, 0.6) is 0 Å². The number of nitrogens with zero attached hydrogens (tertiary/aromatic N) is 2. The predicted octanol–water partition coefficient (Wildman–Crippen LogP) is 8.47. The van der Waals surface area contributed by atoms with E-state index in [2.05, 4.69) is 11.4 Å². The molecule has 1 fully saturated rings. The number of urea groups is 1. The van der Waals surface area contributed by atoms with Crippen LogP contribution in [0.1, 0.15) is 60.3 Å². The van der Waals surface area contributed by atoms with Crippen molar-refractivity contribution in [1.82, 2.24) is 4.90 Å². The second-order valence-electron chi connectivity index (χ2n) is 11.7. The molecule has 3 aromatic rings. The number of aryl methyl sites for hydroxylation is 1. The van der Waals surface area contributed by atoms with Crippen LogP contribution in [-0.4, -0.2) is 30.6 Å². The van der Waals surface area contributed by atoms with E-state index in [1.807, 2.05) is 20.8 Å². The lowest BCUT2D eigenvalue weighted by Gasteiger charge is -2.38. The highest BCUT2D eigenvalue weighted by Gasteiger charge is 2.60. The van der Waals surface area contributed by atoms with Gasteiger partial charge in [-0.1, -0.05) is 62.2 Å². The van der Waals surface area contributed by atoms with Crippen LogP contribution >= 0.6 is 23.2 Å². The summed E-state index contributed by atoms with van der Waals surface area (Å²) in [6, 6.07) is 13.5. The van der Waals surface area contributed by atoms with Gasteiger partial charge < -0.3 is 15.0 Å². The van der Waals surface area contributed by atoms with Gasteiger partial charge in [0.1, 0.15) is 17.0 Å². The smallest absolute Gasteiger partial charge is 0.338 e. The number of ether oxygens (including phenoxy) is 1. The van der Waals surface area contributed by atoms with Gasteiger partial charge in [0, 0.05) is 34.3 Å². The Hall–Kier alpha value is -3.67. The fraction of sp³-hybridized carbons (Fsp3) is 0.344. The zero-order valence-electron chi connectivity index (χ0n) is 23.9. The molecule has 42 heavy (non-hydrogen) atoms. The van der Waals surface area contributed by atoms with Gasteiger partial charge in [-0.3, -0.25) is 0 Å². The number of methoxy groups -OCH3 is 1. The molecular formula is C32H31Cl2F2N3O3. The number of hydrogen-bond donors (Lipinski definition) is 1. The van der Waals surface area contributed by atoms with E-state index in [0.717, 1.165) is 6.07 Å². The average Bonchev–Trinajstić information content (AvgIpc) is 3.23. The standard InChI is InChI=1S/C32H31Cl2F2N3O3/c1-18-13-21(10-11-22(18)29(40)42-5)38-30(41)39-16-19(15-31(2,3)4)32(17-37,24-12-9-20(33)14-26(24)35)28(39)23-7-6-8-25(34)27(23)36/h6-14,19,28H,15-16H2,1-5H3,(H,38,41)/t19-,28-,32-/m1/s1. The van der Waals surface area contributed by atoms with E-state index >= 15 is 8.78 Å². The third-order valence-corrected chi connectivity index (χ3v) is 8.17. The number of hydrogen-bond acceptors (Lipinski definition) is 4. The van der Waals surface area contributed by atoms with Crippen molar-refractivity contribution in [2.75, 3.05) is 19.0 Å². The average molecular weight is 615 g/mol. The van der Waals surface area contributed by atoms with Crippen LogP contribution in [0.15, 0.2) is 54.6 Å². The Labute approximate surface area is 254 Å². The number of rotatable bonds is 5. The second kappa shape index (κ2) is 11.9. The molecule has 0 radical (unpaired) electrons. The molecule has 10 heteroatoms. The molecule has 1 heterocycles. The number of likely N-dealkylation sites (tertiary alicyclic amines) is 1.